The van der Waals surface area contributed by atoms with Gasteiger partial charge in [-0.25, -0.2) is 4.79 Å². The van der Waals surface area contributed by atoms with Gasteiger partial charge in [0.15, 0.2) is 13.7 Å². The van der Waals surface area contributed by atoms with Crippen molar-refractivity contribution >= 4 is 24.5 Å². The average molecular weight is 246 g/mol. The number of rotatable bonds is 5. The minimum Gasteiger partial charge on any atom is -0.436 e. The highest BCUT2D eigenvalue weighted by Crippen LogP contribution is 2.21. The van der Waals surface area contributed by atoms with Gasteiger partial charge in [-0.3, -0.25) is 0 Å². The van der Waals surface area contributed by atoms with Crippen LogP contribution in [0, 0.1) is 0 Å². The quantitative estimate of drug-likeness (QED) is 0.318. The number of hydrogen-bond donors (Lipinski definition) is 0. The van der Waals surface area contributed by atoms with E-state index < -0.39 is 13.7 Å². The molecule has 0 aliphatic heterocycles. The van der Waals surface area contributed by atoms with E-state index in [2.05, 4.69) is 26.2 Å². The predicted molar refractivity (Wildman–Crippen MR) is 68.3 cm³/mol. The van der Waals surface area contributed by atoms with Gasteiger partial charge in [-0.15, -0.1) is 0 Å². The van der Waals surface area contributed by atoms with Crippen molar-refractivity contribution in [1.82, 2.24) is 0 Å². The largest absolute Gasteiger partial charge is 0.436 e. The Morgan fingerprint density at radius 2 is 1.93 bits per heavy atom. The van der Waals surface area contributed by atoms with Crippen molar-refractivity contribution in [1.29, 1.82) is 0 Å². The fourth-order valence-electron chi connectivity index (χ4n) is 1.10. The van der Waals surface area contributed by atoms with E-state index in [1.807, 2.05) is 6.92 Å². The van der Waals surface area contributed by atoms with Crippen molar-refractivity contribution in [2.45, 2.75) is 45.3 Å². The molecule has 0 rings (SSSR count). The molecule has 0 saturated heterocycles. The summed E-state index contributed by atoms with van der Waals surface area (Å²) in [5.74, 6) is -0.356. The standard InChI is InChI=1S/C10H22O3Si2/c1-7-10(14,13-15(4,5)6)12-9(11)8(2)3/h2,7H2,1,3-6,14H3. The smallest absolute Gasteiger partial charge is 0.335 e. The first-order valence-corrected chi connectivity index (χ1v) is 9.59. The first-order chi connectivity index (χ1) is 6.59. The van der Waals surface area contributed by atoms with Crippen molar-refractivity contribution in [3.63, 3.8) is 0 Å². The molecular weight excluding hydrogens is 224 g/mol. The van der Waals surface area contributed by atoms with Crippen LogP contribution < -0.4 is 0 Å². The first kappa shape index (κ1) is 14.6. The predicted octanol–water partition coefficient (Wildman–Crippen LogP) is 1.39. The maximum Gasteiger partial charge on any atom is 0.335 e. The zero-order chi connectivity index (χ0) is 12.3. The Morgan fingerprint density at radius 1 is 1.47 bits per heavy atom. The molecule has 0 saturated carbocycles. The molecule has 1 unspecified atom stereocenters. The summed E-state index contributed by atoms with van der Waals surface area (Å²) in [5.41, 5.74) is -0.261. The second-order valence-corrected chi connectivity index (χ2v) is 10.8. The summed E-state index contributed by atoms with van der Waals surface area (Å²) in [6.45, 7) is 13.4. The Morgan fingerprint density at radius 3 is 2.20 bits per heavy atom. The maximum absolute atomic E-state index is 11.4. The monoisotopic (exact) mass is 246 g/mol. The molecule has 0 amide bonds. The zero-order valence-corrected chi connectivity index (χ0v) is 13.6. The molecular formula is C10H22O3Si2. The van der Waals surface area contributed by atoms with Crippen molar-refractivity contribution < 1.29 is 14.0 Å². The van der Waals surface area contributed by atoms with E-state index in [4.69, 9.17) is 9.16 Å². The van der Waals surface area contributed by atoms with Crippen molar-refractivity contribution in [3.8, 4) is 0 Å². The van der Waals surface area contributed by atoms with Gasteiger partial charge in [-0.05, 0) is 26.6 Å². The number of carbonyl (C=O) groups excluding carboxylic acids is 1. The molecule has 0 N–H and O–H groups in total. The van der Waals surface area contributed by atoms with Crippen molar-refractivity contribution in [2.75, 3.05) is 0 Å². The van der Waals surface area contributed by atoms with Crippen LogP contribution in [0.2, 0.25) is 19.6 Å². The number of esters is 1. The Bertz CT molecular complexity index is 258. The molecule has 0 aromatic heterocycles. The summed E-state index contributed by atoms with van der Waals surface area (Å²) < 4.78 is 11.3. The highest BCUT2D eigenvalue weighted by Gasteiger charge is 2.33. The minimum atomic E-state index is -1.69. The molecule has 0 bridgehead atoms. The summed E-state index contributed by atoms with van der Waals surface area (Å²) in [6.07, 6.45) is 0.697. The lowest BCUT2D eigenvalue weighted by atomic mass is 10.3. The van der Waals surface area contributed by atoms with Crippen LogP contribution in [0.25, 0.3) is 0 Å². The Kier molecular flexibility index (Phi) is 4.96. The molecule has 1 atom stereocenters. The van der Waals surface area contributed by atoms with E-state index in [9.17, 15) is 4.79 Å². The molecule has 0 aliphatic carbocycles. The lowest BCUT2D eigenvalue weighted by Crippen LogP contribution is -2.46. The third kappa shape index (κ3) is 5.91. The van der Waals surface area contributed by atoms with Crippen LogP contribution in [0.1, 0.15) is 20.3 Å². The van der Waals surface area contributed by atoms with E-state index in [0.717, 1.165) is 0 Å². The number of hydrogen-bond acceptors (Lipinski definition) is 3. The van der Waals surface area contributed by atoms with Gasteiger partial charge in [-0.1, -0.05) is 13.5 Å². The van der Waals surface area contributed by atoms with Gasteiger partial charge in [0.1, 0.15) is 0 Å². The minimum absolute atomic E-state index is 0.356. The second-order valence-electron chi connectivity index (χ2n) is 4.87. The Hall–Kier alpha value is -0.396. The third-order valence-electron chi connectivity index (χ3n) is 1.82. The fourth-order valence-corrected chi connectivity index (χ4v) is 4.60. The van der Waals surface area contributed by atoms with Crippen LogP contribution in [0.4, 0.5) is 0 Å². The van der Waals surface area contributed by atoms with E-state index in [-0.39, 0.29) is 5.97 Å². The molecule has 88 valence electrons. The summed E-state index contributed by atoms with van der Waals surface area (Å²) in [7, 11) is -1.02. The number of carbonyl (C=O) groups is 1. The van der Waals surface area contributed by atoms with E-state index in [1.54, 1.807) is 6.92 Å². The summed E-state index contributed by atoms with van der Waals surface area (Å²) >= 11 is 0. The summed E-state index contributed by atoms with van der Waals surface area (Å²) in [5, 5.41) is 0. The van der Waals surface area contributed by atoms with Crippen LogP contribution in [0.15, 0.2) is 12.2 Å². The molecule has 0 aromatic carbocycles. The lowest BCUT2D eigenvalue weighted by molar-refractivity contribution is -0.170. The number of ether oxygens (including phenoxy) is 1. The highest BCUT2D eigenvalue weighted by atomic mass is 28.4. The molecule has 5 heteroatoms. The molecule has 3 nitrogen and oxygen atoms in total. The van der Waals surface area contributed by atoms with Gasteiger partial charge in [0.25, 0.3) is 0 Å². The first-order valence-electron chi connectivity index (χ1n) is 5.18. The van der Waals surface area contributed by atoms with E-state index >= 15 is 0 Å². The van der Waals surface area contributed by atoms with Gasteiger partial charge in [0.05, 0.1) is 10.2 Å². The molecule has 0 aliphatic rings. The van der Waals surface area contributed by atoms with Crippen LogP contribution in [0.5, 0.6) is 0 Å². The van der Waals surface area contributed by atoms with Crippen molar-refractivity contribution in [3.05, 3.63) is 12.2 Å². The molecule has 0 radical (unpaired) electrons. The third-order valence-corrected chi connectivity index (χ3v) is 4.39. The highest BCUT2D eigenvalue weighted by molar-refractivity contribution is 6.70. The molecule has 15 heavy (non-hydrogen) atoms. The molecule has 0 heterocycles. The average Bonchev–Trinajstić information content (AvgIpc) is 2.00. The van der Waals surface area contributed by atoms with E-state index in [1.165, 1.54) is 0 Å². The Labute approximate surface area is 96.4 Å². The van der Waals surface area contributed by atoms with Gasteiger partial charge < -0.3 is 9.16 Å². The molecule has 0 fully saturated rings. The summed E-state index contributed by atoms with van der Waals surface area (Å²) in [6, 6.07) is 0. The van der Waals surface area contributed by atoms with Gasteiger partial charge in [0.2, 0.25) is 0 Å². The van der Waals surface area contributed by atoms with Crippen LogP contribution in [-0.2, 0) is 14.0 Å². The topological polar surface area (TPSA) is 35.5 Å². The molecule has 0 aromatic rings. The normalized spacial score (nSPS) is 15.8. The Balaban J connectivity index is 4.58. The molecule has 0 spiro atoms. The zero-order valence-electron chi connectivity index (χ0n) is 10.6. The van der Waals surface area contributed by atoms with Crippen molar-refractivity contribution in [2.24, 2.45) is 0 Å². The maximum atomic E-state index is 11.4. The van der Waals surface area contributed by atoms with Gasteiger partial charge in [-0.2, -0.15) is 0 Å². The lowest BCUT2D eigenvalue weighted by Gasteiger charge is -2.35. The summed E-state index contributed by atoms with van der Waals surface area (Å²) in [4.78, 5) is 11.4. The fraction of sp³-hybridized carbons (Fsp3) is 0.700. The van der Waals surface area contributed by atoms with Gasteiger partial charge in [0, 0.05) is 12.0 Å². The van der Waals surface area contributed by atoms with Crippen LogP contribution >= 0.6 is 0 Å². The SMILES string of the molecule is C=C(C)C(=O)OC([SiH3])(CC)O[Si](C)(C)C. The van der Waals surface area contributed by atoms with Gasteiger partial charge >= 0.3 is 5.97 Å². The van der Waals surface area contributed by atoms with Crippen LogP contribution in [0.3, 0.4) is 0 Å². The second kappa shape index (κ2) is 5.09. The van der Waals surface area contributed by atoms with Crippen LogP contribution in [-0.4, -0.2) is 29.9 Å². The van der Waals surface area contributed by atoms with E-state index in [0.29, 0.717) is 22.2 Å².